The minimum absolute atomic E-state index is 0.0355. The Kier molecular flexibility index (Phi) is 5.89. The predicted molar refractivity (Wildman–Crippen MR) is 136 cm³/mol. The number of hydrogen-bond acceptors (Lipinski definition) is 7. The van der Waals surface area contributed by atoms with Gasteiger partial charge in [-0.2, -0.15) is 0 Å². The highest BCUT2D eigenvalue weighted by Gasteiger charge is 2.48. The molecule has 1 aliphatic rings. The number of ketones is 1. The average Bonchev–Trinajstić information content (AvgIpc) is 3.53. The largest absolute Gasteiger partial charge is 0.507 e. The number of aromatic nitrogens is 1. The number of aliphatic hydroxyl groups is 1. The standard InChI is InChI=1S/C25H19ClN2O4S2/c1-3-32-17-9-6-14(11-13(17)2)22(29)20-21(18-5-4-10-33-18)28(24(31)23(20)30)25-27-16-8-7-15(26)12-19(16)34-25/h4-12,21,29H,3H2,1-2H3/b22-20+. The molecule has 0 saturated carbocycles. The maximum atomic E-state index is 13.3. The number of thiophene rings is 1. The molecule has 2 aromatic carbocycles. The fourth-order valence-electron chi connectivity index (χ4n) is 4.00. The number of anilines is 1. The van der Waals surface area contributed by atoms with Gasteiger partial charge in [0.15, 0.2) is 5.13 Å². The lowest BCUT2D eigenvalue weighted by atomic mass is 9.99. The van der Waals surface area contributed by atoms with Gasteiger partial charge in [-0.05, 0) is 67.3 Å². The summed E-state index contributed by atoms with van der Waals surface area (Å²) in [5, 5.41) is 14.1. The van der Waals surface area contributed by atoms with E-state index in [1.54, 1.807) is 36.4 Å². The summed E-state index contributed by atoms with van der Waals surface area (Å²) in [4.78, 5) is 33.2. The molecule has 34 heavy (non-hydrogen) atoms. The lowest BCUT2D eigenvalue weighted by Gasteiger charge is -2.21. The lowest BCUT2D eigenvalue weighted by Crippen LogP contribution is -2.28. The maximum Gasteiger partial charge on any atom is 0.301 e. The quantitative estimate of drug-likeness (QED) is 0.192. The molecule has 1 saturated heterocycles. The SMILES string of the molecule is CCOc1ccc(/C(O)=C2\C(=O)C(=O)N(c3nc4ccc(Cl)cc4s3)C2c2cccs2)cc1C. The Labute approximate surface area is 208 Å². The van der Waals surface area contributed by atoms with Crippen LogP contribution in [0.4, 0.5) is 5.13 Å². The first-order valence-electron chi connectivity index (χ1n) is 10.5. The van der Waals surface area contributed by atoms with E-state index in [2.05, 4.69) is 4.98 Å². The summed E-state index contributed by atoms with van der Waals surface area (Å²) < 4.78 is 6.39. The molecule has 5 rings (SSSR count). The minimum atomic E-state index is -0.789. The maximum absolute atomic E-state index is 13.3. The van der Waals surface area contributed by atoms with E-state index in [0.29, 0.717) is 33.6 Å². The van der Waals surface area contributed by atoms with Crippen LogP contribution in [-0.4, -0.2) is 28.4 Å². The van der Waals surface area contributed by atoms with Gasteiger partial charge in [0.1, 0.15) is 17.6 Å². The highest BCUT2D eigenvalue weighted by molar-refractivity contribution is 7.22. The summed E-state index contributed by atoms with van der Waals surface area (Å²) in [5.74, 6) is -1.01. The Bertz CT molecular complexity index is 1460. The van der Waals surface area contributed by atoms with Crippen LogP contribution in [-0.2, 0) is 9.59 Å². The zero-order valence-corrected chi connectivity index (χ0v) is 20.6. The first kappa shape index (κ1) is 22.6. The number of ether oxygens (including phenoxy) is 1. The number of benzene rings is 2. The van der Waals surface area contributed by atoms with Crippen molar-refractivity contribution < 1.29 is 19.4 Å². The van der Waals surface area contributed by atoms with Crippen LogP contribution >= 0.6 is 34.3 Å². The third kappa shape index (κ3) is 3.77. The Hall–Kier alpha value is -3.20. The van der Waals surface area contributed by atoms with Crippen molar-refractivity contribution in [3.05, 3.63) is 80.5 Å². The molecule has 4 aromatic rings. The second kappa shape index (κ2) is 8.87. The van der Waals surface area contributed by atoms with E-state index in [1.165, 1.54) is 27.6 Å². The van der Waals surface area contributed by atoms with E-state index in [4.69, 9.17) is 16.3 Å². The number of hydrogen-bond donors (Lipinski definition) is 1. The first-order valence-corrected chi connectivity index (χ1v) is 12.6. The average molecular weight is 511 g/mol. The number of carbonyl (C=O) groups excluding carboxylic acids is 2. The van der Waals surface area contributed by atoms with Crippen molar-refractivity contribution in [2.45, 2.75) is 19.9 Å². The number of thiazole rings is 1. The lowest BCUT2D eigenvalue weighted by molar-refractivity contribution is -0.132. The molecule has 1 fully saturated rings. The Morgan fingerprint density at radius 2 is 2.03 bits per heavy atom. The van der Waals surface area contributed by atoms with Crippen molar-refractivity contribution in [2.24, 2.45) is 0 Å². The van der Waals surface area contributed by atoms with Gasteiger partial charge in [-0.15, -0.1) is 11.3 Å². The molecule has 1 amide bonds. The Morgan fingerprint density at radius 3 is 2.74 bits per heavy atom. The fourth-order valence-corrected chi connectivity index (χ4v) is 6.10. The summed E-state index contributed by atoms with van der Waals surface area (Å²) in [6.07, 6.45) is 0. The predicted octanol–water partition coefficient (Wildman–Crippen LogP) is 6.34. The molecular weight excluding hydrogens is 492 g/mol. The molecule has 3 heterocycles. The van der Waals surface area contributed by atoms with Crippen molar-refractivity contribution in [3.63, 3.8) is 0 Å². The van der Waals surface area contributed by atoms with Gasteiger partial charge >= 0.3 is 5.91 Å². The summed E-state index contributed by atoms with van der Waals surface area (Å²) in [7, 11) is 0. The van der Waals surface area contributed by atoms with Crippen molar-refractivity contribution in [1.29, 1.82) is 0 Å². The highest BCUT2D eigenvalue weighted by atomic mass is 35.5. The van der Waals surface area contributed by atoms with E-state index in [9.17, 15) is 14.7 Å². The number of halogens is 1. The van der Waals surface area contributed by atoms with Crippen LogP contribution in [0.2, 0.25) is 5.02 Å². The normalized spacial score (nSPS) is 17.6. The van der Waals surface area contributed by atoms with Crippen LogP contribution in [0.25, 0.3) is 16.0 Å². The van der Waals surface area contributed by atoms with Gasteiger partial charge in [0.2, 0.25) is 0 Å². The topological polar surface area (TPSA) is 79.7 Å². The number of carbonyl (C=O) groups is 2. The molecular formula is C25H19ClN2O4S2. The van der Waals surface area contributed by atoms with Crippen LogP contribution in [0.1, 0.15) is 29.0 Å². The minimum Gasteiger partial charge on any atom is -0.507 e. The molecule has 0 bridgehead atoms. The molecule has 0 aliphatic carbocycles. The van der Waals surface area contributed by atoms with Crippen LogP contribution in [0.3, 0.4) is 0 Å². The number of fused-ring (bicyclic) bond motifs is 1. The summed E-state index contributed by atoms with van der Waals surface area (Å²) in [5.41, 5.74) is 1.97. The number of amides is 1. The van der Waals surface area contributed by atoms with Gasteiger partial charge in [0, 0.05) is 15.5 Å². The third-order valence-electron chi connectivity index (χ3n) is 5.55. The van der Waals surface area contributed by atoms with Crippen molar-refractivity contribution in [3.8, 4) is 5.75 Å². The molecule has 2 aromatic heterocycles. The highest BCUT2D eigenvalue weighted by Crippen LogP contribution is 2.45. The van der Waals surface area contributed by atoms with Crippen LogP contribution in [0, 0.1) is 6.92 Å². The fraction of sp³-hybridized carbons (Fsp3) is 0.160. The number of nitrogens with zero attached hydrogens (tertiary/aromatic N) is 2. The molecule has 1 N–H and O–H groups in total. The van der Waals surface area contributed by atoms with E-state index in [-0.39, 0.29) is 11.3 Å². The van der Waals surface area contributed by atoms with E-state index < -0.39 is 17.7 Å². The monoisotopic (exact) mass is 510 g/mol. The van der Waals surface area contributed by atoms with Gasteiger partial charge < -0.3 is 9.84 Å². The number of rotatable bonds is 5. The molecule has 9 heteroatoms. The van der Waals surface area contributed by atoms with Gasteiger partial charge in [-0.1, -0.05) is 29.0 Å². The van der Waals surface area contributed by atoms with Gasteiger partial charge in [0.05, 0.1) is 22.4 Å². The molecule has 0 radical (unpaired) electrons. The molecule has 172 valence electrons. The zero-order chi connectivity index (χ0) is 24.0. The molecule has 1 atom stereocenters. The number of aliphatic hydroxyl groups excluding tert-OH is 1. The molecule has 0 spiro atoms. The molecule has 6 nitrogen and oxygen atoms in total. The molecule has 1 unspecified atom stereocenters. The van der Waals surface area contributed by atoms with Gasteiger partial charge in [0.25, 0.3) is 5.78 Å². The summed E-state index contributed by atoms with van der Waals surface area (Å²) in [6, 6.07) is 13.4. The van der Waals surface area contributed by atoms with E-state index in [1.807, 2.05) is 31.4 Å². The van der Waals surface area contributed by atoms with E-state index >= 15 is 0 Å². The summed E-state index contributed by atoms with van der Waals surface area (Å²) in [6.45, 7) is 4.28. The number of aryl methyl sites for hydroxylation is 1. The second-order valence-corrected chi connectivity index (χ2v) is 10.1. The van der Waals surface area contributed by atoms with Crippen LogP contribution in [0.5, 0.6) is 5.75 Å². The van der Waals surface area contributed by atoms with Crippen LogP contribution < -0.4 is 9.64 Å². The Balaban J connectivity index is 1.67. The zero-order valence-electron chi connectivity index (χ0n) is 18.2. The van der Waals surface area contributed by atoms with Crippen molar-refractivity contribution >= 4 is 67.1 Å². The Morgan fingerprint density at radius 1 is 1.21 bits per heavy atom. The second-order valence-electron chi connectivity index (χ2n) is 7.71. The number of Topliss-reactive ketones (excluding diaryl/α,β-unsaturated/α-hetero) is 1. The van der Waals surface area contributed by atoms with Crippen molar-refractivity contribution in [1.82, 2.24) is 4.98 Å². The third-order valence-corrected chi connectivity index (χ3v) is 7.73. The summed E-state index contributed by atoms with van der Waals surface area (Å²) >= 11 is 8.80. The van der Waals surface area contributed by atoms with Gasteiger partial charge in [-0.3, -0.25) is 14.5 Å². The van der Waals surface area contributed by atoms with Crippen molar-refractivity contribution in [2.75, 3.05) is 11.5 Å². The van der Waals surface area contributed by atoms with Gasteiger partial charge in [-0.25, -0.2) is 4.98 Å². The van der Waals surface area contributed by atoms with Crippen LogP contribution in [0.15, 0.2) is 59.5 Å². The smallest absolute Gasteiger partial charge is 0.301 e. The molecule has 1 aliphatic heterocycles. The first-order chi connectivity index (χ1) is 16.4. The van der Waals surface area contributed by atoms with E-state index in [0.717, 1.165) is 15.1 Å².